The van der Waals surface area contributed by atoms with Crippen LogP contribution in [0.4, 0.5) is 0 Å². The number of hydrogen-bond donors (Lipinski definition) is 1. The Morgan fingerprint density at radius 2 is 2.06 bits per heavy atom. The summed E-state index contributed by atoms with van der Waals surface area (Å²) in [7, 11) is 0. The van der Waals surface area contributed by atoms with Crippen molar-refractivity contribution in [1.29, 1.82) is 0 Å². The summed E-state index contributed by atoms with van der Waals surface area (Å²) in [5.74, 6) is 1.29. The van der Waals surface area contributed by atoms with E-state index < -0.39 is 0 Å². The summed E-state index contributed by atoms with van der Waals surface area (Å²) < 4.78 is 6.07. The highest BCUT2D eigenvalue weighted by molar-refractivity contribution is 4.76. The first-order valence-electron chi connectivity index (χ1n) is 7.97. The van der Waals surface area contributed by atoms with Crippen LogP contribution in [0, 0.1) is 11.8 Å². The highest BCUT2D eigenvalue weighted by atomic mass is 16.5. The Kier molecular flexibility index (Phi) is 7.92. The lowest BCUT2D eigenvalue weighted by atomic mass is 9.84. The number of rotatable bonds is 8. The van der Waals surface area contributed by atoms with Gasteiger partial charge in [-0.1, -0.05) is 39.5 Å². The Balaban J connectivity index is 2.23. The van der Waals surface area contributed by atoms with Crippen molar-refractivity contribution >= 4 is 0 Å². The van der Waals surface area contributed by atoms with Crippen molar-refractivity contribution in [1.82, 2.24) is 0 Å². The van der Waals surface area contributed by atoms with Gasteiger partial charge in [0.25, 0.3) is 0 Å². The minimum atomic E-state index is -0.0862. The van der Waals surface area contributed by atoms with Crippen molar-refractivity contribution < 1.29 is 9.84 Å². The maximum atomic E-state index is 9.71. The van der Waals surface area contributed by atoms with E-state index in [0.717, 1.165) is 31.8 Å². The number of unbranched alkanes of at least 4 members (excludes halogenated alkanes) is 1. The van der Waals surface area contributed by atoms with Gasteiger partial charge < -0.3 is 9.84 Å². The van der Waals surface area contributed by atoms with E-state index in [4.69, 9.17) is 4.74 Å². The van der Waals surface area contributed by atoms with Gasteiger partial charge in [-0.2, -0.15) is 0 Å². The highest BCUT2D eigenvalue weighted by Crippen LogP contribution is 2.28. The minimum Gasteiger partial charge on any atom is -0.393 e. The van der Waals surface area contributed by atoms with Crippen LogP contribution in [0.1, 0.15) is 72.1 Å². The summed E-state index contributed by atoms with van der Waals surface area (Å²) in [4.78, 5) is 0. The zero-order chi connectivity index (χ0) is 13.4. The van der Waals surface area contributed by atoms with Crippen molar-refractivity contribution in [2.75, 3.05) is 6.61 Å². The third-order valence-electron chi connectivity index (χ3n) is 4.49. The highest BCUT2D eigenvalue weighted by Gasteiger charge is 2.25. The van der Waals surface area contributed by atoms with Crippen molar-refractivity contribution in [2.45, 2.75) is 84.3 Å². The van der Waals surface area contributed by atoms with E-state index in [2.05, 4.69) is 20.8 Å². The molecular weight excluding hydrogens is 224 g/mol. The summed E-state index contributed by atoms with van der Waals surface area (Å²) in [6.45, 7) is 7.61. The molecule has 2 nitrogen and oxygen atoms in total. The van der Waals surface area contributed by atoms with E-state index >= 15 is 0 Å². The van der Waals surface area contributed by atoms with Crippen LogP contribution in [0.3, 0.4) is 0 Å². The van der Waals surface area contributed by atoms with E-state index in [1.54, 1.807) is 0 Å². The van der Waals surface area contributed by atoms with Crippen LogP contribution in [0.2, 0.25) is 0 Å². The molecule has 1 aliphatic carbocycles. The van der Waals surface area contributed by atoms with Crippen molar-refractivity contribution in [3.63, 3.8) is 0 Å². The Labute approximate surface area is 113 Å². The fourth-order valence-electron chi connectivity index (χ4n) is 2.95. The van der Waals surface area contributed by atoms with Crippen molar-refractivity contribution in [3.8, 4) is 0 Å². The lowest BCUT2D eigenvalue weighted by Gasteiger charge is -2.31. The van der Waals surface area contributed by atoms with Gasteiger partial charge in [0, 0.05) is 6.61 Å². The molecule has 0 aliphatic heterocycles. The van der Waals surface area contributed by atoms with Gasteiger partial charge in [-0.25, -0.2) is 0 Å². The molecule has 18 heavy (non-hydrogen) atoms. The lowest BCUT2D eigenvalue weighted by molar-refractivity contribution is -0.0269. The van der Waals surface area contributed by atoms with Gasteiger partial charge in [-0.3, -0.25) is 0 Å². The molecule has 1 aliphatic rings. The van der Waals surface area contributed by atoms with Gasteiger partial charge in [0.05, 0.1) is 12.2 Å². The van der Waals surface area contributed by atoms with E-state index in [1.807, 2.05) is 0 Å². The Hall–Kier alpha value is -0.0800. The van der Waals surface area contributed by atoms with Gasteiger partial charge in [0.15, 0.2) is 0 Å². The molecule has 1 N–H and O–H groups in total. The molecule has 0 radical (unpaired) electrons. The number of aliphatic hydroxyl groups is 1. The van der Waals surface area contributed by atoms with E-state index in [1.165, 1.54) is 32.1 Å². The van der Waals surface area contributed by atoms with Crippen LogP contribution in [0.15, 0.2) is 0 Å². The summed E-state index contributed by atoms with van der Waals surface area (Å²) in [5, 5.41) is 9.71. The average Bonchev–Trinajstić information content (AvgIpc) is 2.38. The van der Waals surface area contributed by atoms with Crippen LogP contribution in [-0.2, 0) is 4.74 Å². The molecular formula is C16H32O2. The van der Waals surface area contributed by atoms with Gasteiger partial charge in [-0.05, 0) is 44.4 Å². The first kappa shape index (κ1) is 16.0. The molecule has 0 spiro atoms. The zero-order valence-corrected chi connectivity index (χ0v) is 12.5. The molecule has 1 saturated carbocycles. The van der Waals surface area contributed by atoms with E-state index in [-0.39, 0.29) is 6.10 Å². The smallest absolute Gasteiger partial charge is 0.0576 e. The van der Waals surface area contributed by atoms with Crippen LogP contribution in [0.25, 0.3) is 0 Å². The largest absolute Gasteiger partial charge is 0.393 e. The number of aliphatic hydroxyl groups excluding tert-OH is 1. The third kappa shape index (κ3) is 5.71. The van der Waals surface area contributed by atoms with Gasteiger partial charge >= 0.3 is 0 Å². The first-order chi connectivity index (χ1) is 8.67. The molecule has 0 saturated heterocycles. The van der Waals surface area contributed by atoms with Crippen molar-refractivity contribution in [2.24, 2.45) is 11.8 Å². The van der Waals surface area contributed by atoms with E-state index in [0.29, 0.717) is 12.0 Å². The SMILES string of the molecule is CCCCC(CC)COC(C)C1CCCC(O)C1. The monoisotopic (exact) mass is 256 g/mol. The topological polar surface area (TPSA) is 29.5 Å². The predicted octanol–water partition coefficient (Wildman–Crippen LogP) is 4.16. The molecule has 4 atom stereocenters. The second-order valence-electron chi connectivity index (χ2n) is 6.04. The summed E-state index contributed by atoms with van der Waals surface area (Å²) in [6, 6.07) is 0. The summed E-state index contributed by atoms with van der Waals surface area (Å²) in [5.41, 5.74) is 0. The standard InChI is InChI=1S/C16H32O2/c1-4-6-8-14(5-2)12-18-13(3)15-9-7-10-16(17)11-15/h13-17H,4-12H2,1-3H3. The summed E-state index contributed by atoms with van der Waals surface area (Å²) in [6.07, 6.45) is 9.65. The molecule has 0 heterocycles. The molecule has 1 fully saturated rings. The molecule has 0 aromatic carbocycles. The van der Waals surface area contributed by atoms with Crippen LogP contribution in [0.5, 0.6) is 0 Å². The lowest BCUT2D eigenvalue weighted by Crippen LogP contribution is -2.30. The molecule has 1 rings (SSSR count). The molecule has 2 heteroatoms. The molecule has 0 aromatic rings. The molecule has 0 amide bonds. The normalized spacial score (nSPS) is 28.0. The molecule has 4 unspecified atom stereocenters. The van der Waals surface area contributed by atoms with Gasteiger partial charge in [0.2, 0.25) is 0 Å². The minimum absolute atomic E-state index is 0.0862. The second-order valence-corrected chi connectivity index (χ2v) is 6.04. The fraction of sp³-hybridized carbons (Fsp3) is 1.00. The van der Waals surface area contributed by atoms with Crippen LogP contribution >= 0.6 is 0 Å². The Bertz CT molecular complexity index is 205. The number of hydrogen-bond acceptors (Lipinski definition) is 2. The van der Waals surface area contributed by atoms with Crippen LogP contribution < -0.4 is 0 Å². The fourth-order valence-corrected chi connectivity index (χ4v) is 2.95. The van der Waals surface area contributed by atoms with Gasteiger partial charge in [-0.15, -0.1) is 0 Å². The first-order valence-corrected chi connectivity index (χ1v) is 7.97. The Morgan fingerprint density at radius 3 is 2.67 bits per heavy atom. The zero-order valence-electron chi connectivity index (χ0n) is 12.5. The van der Waals surface area contributed by atoms with Crippen molar-refractivity contribution in [3.05, 3.63) is 0 Å². The molecule has 108 valence electrons. The maximum absolute atomic E-state index is 9.71. The third-order valence-corrected chi connectivity index (χ3v) is 4.49. The van der Waals surface area contributed by atoms with Gasteiger partial charge in [0.1, 0.15) is 0 Å². The second kappa shape index (κ2) is 8.92. The molecule has 0 bridgehead atoms. The number of ether oxygens (including phenoxy) is 1. The maximum Gasteiger partial charge on any atom is 0.0576 e. The van der Waals surface area contributed by atoms with E-state index in [9.17, 15) is 5.11 Å². The quantitative estimate of drug-likeness (QED) is 0.706. The summed E-state index contributed by atoms with van der Waals surface area (Å²) >= 11 is 0. The predicted molar refractivity (Wildman–Crippen MR) is 76.7 cm³/mol. The average molecular weight is 256 g/mol. The Morgan fingerprint density at radius 1 is 1.28 bits per heavy atom. The van der Waals surface area contributed by atoms with Crippen LogP contribution in [-0.4, -0.2) is 23.9 Å². The molecule has 0 aromatic heterocycles.